The van der Waals surface area contributed by atoms with Crippen molar-refractivity contribution >= 4 is 11.7 Å². The molecule has 138 valence electrons. The first-order chi connectivity index (χ1) is 13.2. The van der Waals surface area contributed by atoms with Gasteiger partial charge in [0.2, 0.25) is 0 Å². The standard InChI is InChI=1S/C21H21N3O3/c1-26-20-7-4-6-17(13-20)24-21(25)23-14-16-8-10-19(11-9-16)27-15-18-5-2-3-12-22-18/h2-13H,14-15H2,1H3,(H2,23,24,25). The van der Waals surface area contributed by atoms with Crippen molar-refractivity contribution in [3.05, 3.63) is 84.2 Å². The lowest BCUT2D eigenvalue weighted by Gasteiger charge is -2.10. The number of methoxy groups -OCH3 is 1. The van der Waals surface area contributed by atoms with E-state index in [9.17, 15) is 4.79 Å². The molecule has 0 aliphatic carbocycles. The third-order valence-electron chi connectivity index (χ3n) is 3.82. The number of amides is 2. The van der Waals surface area contributed by atoms with E-state index in [2.05, 4.69) is 15.6 Å². The van der Waals surface area contributed by atoms with Crippen LogP contribution in [0.15, 0.2) is 72.9 Å². The molecule has 0 aliphatic heterocycles. The van der Waals surface area contributed by atoms with E-state index in [4.69, 9.17) is 9.47 Å². The van der Waals surface area contributed by atoms with Gasteiger partial charge < -0.3 is 20.1 Å². The van der Waals surface area contributed by atoms with Gasteiger partial charge in [0.05, 0.1) is 12.8 Å². The maximum absolute atomic E-state index is 12.0. The molecule has 6 nitrogen and oxygen atoms in total. The first kappa shape index (κ1) is 18.3. The number of hydrogen-bond acceptors (Lipinski definition) is 4. The van der Waals surface area contributed by atoms with Crippen molar-refractivity contribution in [3.63, 3.8) is 0 Å². The fourth-order valence-electron chi connectivity index (χ4n) is 2.40. The fourth-order valence-corrected chi connectivity index (χ4v) is 2.40. The molecular weight excluding hydrogens is 342 g/mol. The average molecular weight is 363 g/mol. The highest BCUT2D eigenvalue weighted by atomic mass is 16.5. The number of carbonyl (C=O) groups is 1. The number of anilines is 1. The largest absolute Gasteiger partial charge is 0.497 e. The Hall–Kier alpha value is -3.54. The molecule has 2 amide bonds. The summed E-state index contributed by atoms with van der Waals surface area (Å²) < 4.78 is 10.8. The van der Waals surface area contributed by atoms with E-state index in [1.807, 2.05) is 54.6 Å². The Morgan fingerprint density at radius 2 is 1.85 bits per heavy atom. The van der Waals surface area contributed by atoms with Crippen molar-refractivity contribution in [1.82, 2.24) is 10.3 Å². The first-order valence-corrected chi connectivity index (χ1v) is 8.53. The van der Waals surface area contributed by atoms with Crippen LogP contribution in [0.5, 0.6) is 11.5 Å². The summed E-state index contributed by atoms with van der Waals surface area (Å²) in [6, 6.07) is 20.2. The molecule has 6 heteroatoms. The molecule has 0 saturated heterocycles. The van der Waals surface area contributed by atoms with Gasteiger partial charge in [-0.05, 0) is 42.0 Å². The molecule has 1 aromatic heterocycles. The molecule has 3 rings (SSSR count). The maximum Gasteiger partial charge on any atom is 0.319 e. The van der Waals surface area contributed by atoms with E-state index in [-0.39, 0.29) is 6.03 Å². The number of urea groups is 1. The van der Waals surface area contributed by atoms with E-state index in [0.29, 0.717) is 24.6 Å². The van der Waals surface area contributed by atoms with Crippen molar-refractivity contribution in [2.75, 3.05) is 12.4 Å². The topological polar surface area (TPSA) is 72.5 Å². The minimum Gasteiger partial charge on any atom is -0.497 e. The molecule has 0 saturated carbocycles. The van der Waals surface area contributed by atoms with Crippen molar-refractivity contribution in [2.45, 2.75) is 13.2 Å². The molecule has 1 heterocycles. The lowest BCUT2D eigenvalue weighted by atomic mass is 10.2. The summed E-state index contributed by atoms with van der Waals surface area (Å²) in [6.07, 6.45) is 1.74. The molecule has 0 aliphatic rings. The first-order valence-electron chi connectivity index (χ1n) is 8.53. The average Bonchev–Trinajstić information content (AvgIpc) is 2.72. The van der Waals surface area contributed by atoms with Crippen LogP contribution < -0.4 is 20.1 Å². The number of nitrogens with one attached hydrogen (secondary N) is 2. The van der Waals surface area contributed by atoms with Crippen LogP contribution in [0.4, 0.5) is 10.5 Å². The highest BCUT2D eigenvalue weighted by molar-refractivity contribution is 5.89. The van der Waals surface area contributed by atoms with Gasteiger partial charge in [-0.1, -0.05) is 24.3 Å². The molecule has 2 N–H and O–H groups in total. The lowest BCUT2D eigenvalue weighted by molar-refractivity contribution is 0.251. The smallest absolute Gasteiger partial charge is 0.319 e. The molecule has 3 aromatic rings. The molecular formula is C21H21N3O3. The van der Waals surface area contributed by atoms with E-state index in [1.54, 1.807) is 25.4 Å². The predicted molar refractivity (Wildman–Crippen MR) is 104 cm³/mol. The molecule has 27 heavy (non-hydrogen) atoms. The summed E-state index contributed by atoms with van der Waals surface area (Å²) in [4.78, 5) is 16.2. The van der Waals surface area contributed by atoms with Gasteiger partial charge in [0.1, 0.15) is 18.1 Å². The van der Waals surface area contributed by atoms with E-state index >= 15 is 0 Å². The van der Waals surface area contributed by atoms with Crippen LogP contribution in [-0.4, -0.2) is 18.1 Å². The van der Waals surface area contributed by atoms with Crippen LogP contribution in [-0.2, 0) is 13.2 Å². The second-order valence-electron chi connectivity index (χ2n) is 5.79. The zero-order valence-corrected chi connectivity index (χ0v) is 15.0. The van der Waals surface area contributed by atoms with Gasteiger partial charge >= 0.3 is 6.03 Å². The van der Waals surface area contributed by atoms with Crippen molar-refractivity contribution < 1.29 is 14.3 Å². The Kier molecular flexibility index (Phi) is 6.25. The second-order valence-corrected chi connectivity index (χ2v) is 5.79. The Bertz CT molecular complexity index is 867. The van der Waals surface area contributed by atoms with Crippen LogP contribution >= 0.6 is 0 Å². The number of rotatable bonds is 7. The highest BCUT2D eigenvalue weighted by Gasteiger charge is 2.03. The van der Waals surface area contributed by atoms with Gasteiger partial charge in [0.25, 0.3) is 0 Å². The number of carbonyl (C=O) groups excluding carboxylic acids is 1. The van der Waals surface area contributed by atoms with E-state index in [0.717, 1.165) is 17.0 Å². The number of ether oxygens (including phenoxy) is 2. The van der Waals surface area contributed by atoms with Crippen LogP contribution in [0.3, 0.4) is 0 Å². The zero-order chi connectivity index (χ0) is 18.9. The third kappa shape index (κ3) is 5.74. The minimum atomic E-state index is -0.279. The highest BCUT2D eigenvalue weighted by Crippen LogP contribution is 2.17. The Morgan fingerprint density at radius 1 is 1.00 bits per heavy atom. The Labute approximate surface area is 158 Å². The summed E-state index contributed by atoms with van der Waals surface area (Å²) in [5.74, 6) is 1.44. The van der Waals surface area contributed by atoms with Gasteiger partial charge in [-0.3, -0.25) is 4.98 Å². The number of benzene rings is 2. The Morgan fingerprint density at radius 3 is 2.59 bits per heavy atom. The zero-order valence-electron chi connectivity index (χ0n) is 15.0. The molecule has 0 radical (unpaired) electrons. The SMILES string of the molecule is COc1cccc(NC(=O)NCc2ccc(OCc3ccccn3)cc2)c1. The number of hydrogen-bond donors (Lipinski definition) is 2. The quantitative estimate of drug-likeness (QED) is 0.666. The van der Waals surface area contributed by atoms with Crippen molar-refractivity contribution in [1.29, 1.82) is 0 Å². The van der Waals surface area contributed by atoms with E-state index in [1.165, 1.54) is 0 Å². The van der Waals surface area contributed by atoms with Gasteiger partial charge in [-0.25, -0.2) is 4.79 Å². The minimum absolute atomic E-state index is 0.279. The fraction of sp³-hybridized carbons (Fsp3) is 0.143. The summed E-state index contributed by atoms with van der Waals surface area (Å²) in [5.41, 5.74) is 2.52. The number of aromatic nitrogens is 1. The van der Waals surface area contributed by atoms with Gasteiger partial charge in [-0.15, -0.1) is 0 Å². The lowest BCUT2D eigenvalue weighted by Crippen LogP contribution is -2.28. The monoisotopic (exact) mass is 363 g/mol. The Balaban J connectivity index is 1.46. The van der Waals surface area contributed by atoms with E-state index < -0.39 is 0 Å². The molecule has 0 unspecified atom stereocenters. The molecule has 0 fully saturated rings. The molecule has 0 atom stereocenters. The number of nitrogens with zero attached hydrogens (tertiary/aromatic N) is 1. The summed E-state index contributed by atoms with van der Waals surface area (Å²) in [6.45, 7) is 0.831. The van der Waals surface area contributed by atoms with Crippen LogP contribution in [0.1, 0.15) is 11.3 Å². The van der Waals surface area contributed by atoms with Crippen LogP contribution in [0, 0.1) is 0 Å². The van der Waals surface area contributed by atoms with Crippen molar-refractivity contribution in [2.24, 2.45) is 0 Å². The summed E-state index contributed by atoms with van der Waals surface area (Å²) in [7, 11) is 1.59. The summed E-state index contributed by atoms with van der Waals surface area (Å²) >= 11 is 0. The third-order valence-corrected chi connectivity index (χ3v) is 3.82. The van der Waals surface area contributed by atoms with Gasteiger partial charge in [0, 0.05) is 24.5 Å². The van der Waals surface area contributed by atoms with Crippen LogP contribution in [0.2, 0.25) is 0 Å². The molecule has 0 spiro atoms. The molecule has 2 aromatic carbocycles. The van der Waals surface area contributed by atoms with Crippen LogP contribution in [0.25, 0.3) is 0 Å². The normalized spacial score (nSPS) is 10.1. The summed E-state index contributed by atoms with van der Waals surface area (Å²) in [5, 5.41) is 5.60. The predicted octanol–water partition coefficient (Wildman–Crippen LogP) is 3.99. The second kappa shape index (κ2) is 9.24. The van der Waals surface area contributed by atoms with Gasteiger partial charge in [0.15, 0.2) is 0 Å². The number of pyridine rings is 1. The van der Waals surface area contributed by atoms with Gasteiger partial charge in [-0.2, -0.15) is 0 Å². The van der Waals surface area contributed by atoms with Crippen molar-refractivity contribution in [3.8, 4) is 11.5 Å². The molecule has 0 bridgehead atoms. The maximum atomic E-state index is 12.0.